The molecule has 2 rings (SSSR count). The van der Waals surface area contributed by atoms with E-state index in [-0.39, 0.29) is 5.92 Å². The lowest BCUT2D eigenvalue weighted by molar-refractivity contribution is 0.306. The van der Waals surface area contributed by atoms with Crippen molar-refractivity contribution in [1.82, 2.24) is 0 Å². The van der Waals surface area contributed by atoms with Crippen LogP contribution in [0.25, 0.3) is 0 Å². The summed E-state index contributed by atoms with van der Waals surface area (Å²) < 4.78 is 5.68. The zero-order chi connectivity index (χ0) is 15.9. The van der Waals surface area contributed by atoms with Gasteiger partial charge in [0, 0.05) is 11.4 Å². The van der Waals surface area contributed by atoms with Gasteiger partial charge in [-0.3, -0.25) is 0 Å². The minimum Gasteiger partial charge on any atom is -0.494 e. The molecule has 2 aromatic rings. The van der Waals surface area contributed by atoms with Crippen molar-refractivity contribution >= 4 is 11.6 Å². The van der Waals surface area contributed by atoms with Crippen molar-refractivity contribution in [3.63, 3.8) is 0 Å². The lowest BCUT2D eigenvalue weighted by Gasteiger charge is -2.11. The topological polar surface area (TPSA) is 56.8 Å². The van der Waals surface area contributed by atoms with Gasteiger partial charge in [-0.25, -0.2) is 0 Å². The first-order valence-corrected chi connectivity index (χ1v) is 7.30. The Bertz CT molecular complexity index is 726. The Balaban J connectivity index is 1.95. The van der Waals surface area contributed by atoms with Gasteiger partial charge < -0.3 is 4.74 Å². The van der Waals surface area contributed by atoms with Crippen LogP contribution in [0.15, 0.2) is 42.5 Å². The fraction of sp³-hybridized carbons (Fsp3) is 0.222. The van der Waals surface area contributed by atoms with Gasteiger partial charge in [0.2, 0.25) is 0 Å². The summed E-state index contributed by atoms with van der Waals surface area (Å²) in [6.07, 6.45) is 0.587. The maximum absolute atomic E-state index is 9.30. The molecule has 3 nitrogen and oxygen atoms in total. The standard InChI is InChI=1S/C18H15ClN2O/c1-13-10-17(6-7-18(13)19)22-9-8-16(12-21)15-4-2-14(11-20)3-5-15/h2-7,10,16H,8-9H2,1H3. The lowest BCUT2D eigenvalue weighted by atomic mass is 9.97. The Morgan fingerprint density at radius 3 is 2.45 bits per heavy atom. The van der Waals surface area contributed by atoms with Crippen LogP contribution < -0.4 is 4.74 Å². The quantitative estimate of drug-likeness (QED) is 0.811. The molecule has 0 aliphatic rings. The third-order valence-electron chi connectivity index (χ3n) is 3.40. The molecule has 0 radical (unpaired) electrons. The Labute approximate surface area is 135 Å². The molecular formula is C18H15ClN2O. The van der Waals surface area contributed by atoms with Crippen molar-refractivity contribution in [3.05, 3.63) is 64.2 Å². The van der Waals surface area contributed by atoms with Crippen LogP contribution in [0.4, 0.5) is 0 Å². The monoisotopic (exact) mass is 310 g/mol. The van der Waals surface area contributed by atoms with Gasteiger partial charge in [0.1, 0.15) is 5.75 Å². The van der Waals surface area contributed by atoms with Crippen LogP contribution in [0.1, 0.15) is 29.0 Å². The highest BCUT2D eigenvalue weighted by atomic mass is 35.5. The molecule has 0 spiro atoms. The SMILES string of the molecule is Cc1cc(OCCC(C#N)c2ccc(C#N)cc2)ccc1Cl. The summed E-state index contributed by atoms with van der Waals surface area (Å²) in [5.74, 6) is 0.500. The zero-order valence-electron chi connectivity index (χ0n) is 12.2. The van der Waals surface area contributed by atoms with Crippen LogP contribution in [0.3, 0.4) is 0 Å². The second-order valence-electron chi connectivity index (χ2n) is 4.96. The number of halogens is 1. The second kappa shape index (κ2) is 7.50. The van der Waals surface area contributed by atoms with Crippen molar-refractivity contribution in [3.8, 4) is 17.9 Å². The summed E-state index contributed by atoms with van der Waals surface area (Å²) in [7, 11) is 0. The highest BCUT2D eigenvalue weighted by molar-refractivity contribution is 6.31. The van der Waals surface area contributed by atoms with E-state index in [9.17, 15) is 5.26 Å². The van der Waals surface area contributed by atoms with Crippen LogP contribution in [-0.4, -0.2) is 6.61 Å². The lowest BCUT2D eigenvalue weighted by Crippen LogP contribution is -2.04. The third kappa shape index (κ3) is 4.01. The third-order valence-corrected chi connectivity index (χ3v) is 3.83. The Hall–Kier alpha value is -2.49. The number of nitrogens with zero attached hydrogens (tertiary/aromatic N) is 2. The molecule has 0 saturated heterocycles. The van der Waals surface area contributed by atoms with Gasteiger partial charge in [-0.1, -0.05) is 23.7 Å². The fourth-order valence-electron chi connectivity index (χ4n) is 2.10. The van der Waals surface area contributed by atoms with Crippen LogP contribution in [0.2, 0.25) is 5.02 Å². The molecule has 0 aromatic heterocycles. The predicted molar refractivity (Wildman–Crippen MR) is 85.8 cm³/mol. The van der Waals surface area contributed by atoms with E-state index in [1.807, 2.05) is 31.2 Å². The molecule has 4 heteroatoms. The van der Waals surface area contributed by atoms with Gasteiger partial charge in [-0.2, -0.15) is 10.5 Å². The van der Waals surface area contributed by atoms with Crippen molar-refractivity contribution in [2.24, 2.45) is 0 Å². The van der Waals surface area contributed by atoms with Crippen molar-refractivity contribution in [1.29, 1.82) is 10.5 Å². The number of hydrogen-bond acceptors (Lipinski definition) is 3. The van der Waals surface area contributed by atoms with E-state index in [0.717, 1.165) is 16.9 Å². The van der Waals surface area contributed by atoms with Gasteiger partial charge in [0.05, 0.1) is 30.2 Å². The van der Waals surface area contributed by atoms with E-state index in [1.165, 1.54) is 0 Å². The molecule has 22 heavy (non-hydrogen) atoms. The molecule has 1 atom stereocenters. The highest BCUT2D eigenvalue weighted by Gasteiger charge is 2.11. The van der Waals surface area contributed by atoms with Crippen LogP contribution in [0.5, 0.6) is 5.75 Å². The number of hydrogen-bond donors (Lipinski definition) is 0. The van der Waals surface area contributed by atoms with Gasteiger partial charge in [0.15, 0.2) is 0 Å². The molecule has 0 heterocycles. The van der Waals surface area contributed by atoms with Gasteiger partial charge in [-0.05, 0) is 48.4 Å². The summed E-state index contributed by atoms with van der Waals surface area (Å²) in [5.41, 5.74) is 2.45. The Kier molecular flexibility index (Phi) is 5.42. The van der Waals surface area contributed by atoms with E-state index in [4.69, 9.17) is 21.6 Å². The predicted octanol–water partition coefficient (Wildman–Crippen LogP) is 4.60. The van der Waals surface area contributed by atoms with Crippen molar-refractivity contribution in [2.45, 2.75) is 19.3 Å². The Morgan fingerprint density at radius 1 is 1.14 bits per heavy atom. The summed E-state index contributed by atoms with van der Waals surface area (Å²) in [4.78, 5) is 0. The molecule has 0 bridgehead atoms. The first-order chi connectivity index (χ1) is 10.6. The van der Waals surface area contributed by atoms with E-state index >= 15 is 0 Å². The maximum atomic E-state index is 9.30. The number of aryl methyl sites for hydroxylation is 1. The van der Waals surface area contributed by atoms with Crippen LogP contribution in [0, 0.1) is 29.6 Å². The van der Waals surface area contributed by atoms with Gasteiger partial charge in [0.25, 0.3) is 0 Å². The molecule has 0 N–H and O–H groups in total. The van der Waals surface area contributed by atoms with E-state index in [2.05, 4.69) is 12.1 Å². The minimum absolute atomic E-state index is 0.249. The number of ether oxygens (including phenoxy) is 1. The van der Waals surface area contributed by atoms with Gasteiger partial charge >= 0.3 is 0 Å². The normalized spacial score (nSPS) is 11.3. The van der Waals surface area contributed by atoms with E-state index < -0.39 is 0 Å². The zero-order valence-corrected chi connectivity index (χ0v) is 13.0. The molecule has 0 saturated carbocycles. The van der Waals surface area contributed by atoms with Gasteiger partial charge in [-0.15, -0.1) is 0 Å². The molecule has 0 amide bonds. The maximum Gasteiger partial charge on any atom is 0.119 e. The van der Waals surface area contributed by atoms with Crippen LogP contribution in [-0.2, 0) is 0 Å². The molecule has 1 unspecified atom stereocenters. The average Bonchev–Trinajstić information content (AvgIpc) is 2.55. The van der Waals surface area contributed by atoms with Crippen molar-refractivity contribution < 1.29 is 4.74 Å². The van der Waals surface area contributed by atoms with E-state index in [0.29, 0.717) is 23.6 Å². The number of nitriles is 2. The van der Waals surface area contributed by atoms with E-state index in [1.54, 1.807) is 18.2 Å². The summed E-state index contributed by atoms with van der Waals surface area (Å²) in [6, 6.07) is 16.9. The largest absolute Gasteiger partial charge is 0.494 e. The first-order valence-electron chi connectivity index (χ1n) is 6.92. The molecular weight excluding hydrogens is 296 g/mol. The summed E-state index contributed by atoms with van der Waals surface area (Å²) >= 11 is 5.97. The highest BCUT2D eigenvalue weighted by Crippen LogP contribution is 2.23. The van der Waals surface area contributed by atoms with Crippen LogP contribution >= 0.6 is 11.6 Å². The molecule has 2 aromatic carbocycles. The van der Waals surface area contributed by atoms with Crippen molar-refractivity contribution in [2.75, 3.05) is 6.61 Å². The Morgan fingerprint density at radius 2 is 1.86 bits per heavy atom. The fourth-order valence-corrected chi connectivity index (χ4v) is 2.21. The second-order valence-corrected chi connectivity index (χ2v) is 5.37. The first kappa shape index (κ1) is 15.9. The molecule has 110 valence electrons. The molecule has 0 fully saturated rings. The number of benzene rings is 2. The number of rotatable bonds is 5. The molecule has 0 aliphatic carbocycles. The average molecular weight is 311 g/mol. The summed E-state index contributed by atoms with van der Waals surface area (Å²) in [6.45, 7) is 2.36. The smallest absolute Gasteiger partial charge is 0.119 e. The summed E-state index contributed by atoms with van der Waals surface area (Å²) in [5, 5.41) is 18.8. The molecule has 0 aliphatic heterocycles. The minimum atomic E-state index is -0.249.